The highest BCUT2D eigenvalue weighted by atomic mass is 14.9. The Hall–Kier alpha value is -0.930. The van der Waals surface area contributed by atoms with Crippen LogP contribution < -0.4 is 10.6 Å². The third-order valence-corrected chi connectivity index (χ3v) is 3.02. The van der Waals surface area contributed by atoms with E-state index in [0.29, 0.717) is 12.1 Å². The average Bonchev–Trinajstić information content (AvgIpc) is 2.33. The molecule has 0 aromatic carbocycles. The van der Waals surface area contributed by atoms with Gasteiger partial charge in [0.25, 0.3) is 0 Å². The molecule has 1 heterocycles. The quantitative estimate of drug-likeness (QED) is 0.774. The van der Waals surface area contributed by atoms with E-state index in [4.69, 9.17) is 4.98 Å². The minimum Gasteiger partial charge on any atom is -0.312 e. The molecule has 0 aliphatic heterocycles. The second-order valence-corrected chi connectivity index (χ2v) is 3.99. The molecule has 0 fully saturated rings. The minimum absolute atomic E-state index is 0.356. The van der Waals surface area contributed by atoms with Crippen LogP contribution >= 0.6 is 0 Å². The summed E-state index contributed by atoms with van der Waals surface area (Å²) in [6.45, 7) is 4.34. The first kappa shape index (κ1) is 13.1. The molecule has 2 atom stereocenters. The van der Waals surface area contributed by atoms with Crippen LogP contribution in [0.25, 0.3) is 0 Å². The van der Waals surface area contributed by atoms with Gasteiger partial charge in [0.1, 0.15) is 0 Å². The Morgan fingerprint density at radius 3 is 1.75 bits per heavy atom. The Kier molecular flexibility index (Phi) is 5.43. The molecule has 1 aromatic rings. The maximum absolute atomic E-state index is 4.73. The summed E-state index contributed by atoms with van der Waals surface area (Å²) in [6, 6.07) is 6.99. The molecule has 90 valence electrons. The number of aromatic nitrogens is 1. The molecule has 1 rings (SSSR count). The van der Waals surface area contributed by atoms with Gasteiger partial charge in [-0.05, 0) is 39.1 Å². The molecule has 0 aliphatic rings. The Labute approximate surface area is 98.7 Å². The van der Waals surface area contributed by atoms with Crippen molar-refractivity contribution in [2.45, 2.75) is 38.8 Å². The predicted octanol–water partition coefficient (Wildman–Crippen LogP) is 2.42. The second-order valence-electron chi connectivity index (χ2n) is 3.99. The molecule has 2 unspecified atom stereocenters. The van der Waals surface area contributed by atoms with Crippen LogP contribution in [0.4, 0.5) is 0 Å². The van der Waals surface area contributed by atoms with Crippen molar-refractivity contribution in [3.8, 4) is 0 Å². The largest absolute Gasteiger partial charge is 0.312 e. The molecule has 0 aliphatic carbocycles. The lowest BCUT2D eigenvalue weighted by Gasteiger charge is -2.17. The highest BCUT2D eigenvalue weighted by Gasteiger charge is 2.12. The number of hydrogen-bond acceptors (Lipinski definition) is 3. The lowest BCUT2D eigenvalue weighted by Crippen LogP contribution is -2.20. The van der Waals surface area contributed by atoms with Gasteiger partial charge in [0.15, 0.2) is 0 Å². The number of nitrogens with one attached hydrogen (secondary N) is 2. The normalized spacial score (nSPS) is 14.8. The maximum atomic E-state index is 4.73. The molecule has 0 saturated heterocycles. The van der Waals surface area contributed by atoms with Gasteiger partial charge in [-0.2, -0.15) is 0 Å². The van der Waals surface area contributed by atoms with Gasteiger partial charge >= 0.3 is 0 Å². The summed E-state index contributed by atoms with van der Waals surface area (Å²) < 4.78 is 0. The van der Waals surface area contributed by atoms with Gasteiger partial charge in [-0.1, -0.05) is 19.9 Å². The van der Waals surface area contributed by atoms with Crippen LogP contribution in [0.2, 0.25) is 0 Å². The van der Waals surface area contributed by atoms with E-state index in [2.05, 4.69) is 42.7 Å². The van der Waals surface area contributed by atoms with E-state index in [9.17, 15) is 0 Å². The summed E-state index contributed by atoms with van der Waals surface area (Å²) in [5.41, 5.74) is 2.27. The number of pyridine rings is 1. The summed E-state index contributed by atoms with van der Waals surface area (Å²) in [6.07, 6.45) is 2.12. The molecular formula is C13H23N3. The molecule has 1 aromatic heterocycles. The van der Waals surface area contributed by atoms with Gasteiger partial charge < -0.3 is 10.6 Å². The molecule has 16 heavy (non-hydrogen) atoms. The smallest absolute Gasteiger partial charge is 0.0577 e. The van der Waals surface area contributed by atoms with Gasteiger partial charge in [0.05, 0.1) is 11.4 Å². The van der Waals surface area contributed by atoms with E-state index < -0.39 is 0 Å². The molecule has 0 bridgehead atoms. The minimum atomic E-state index is 0.356. The Balaban J connectivity index is 2.93. The van der Waals surface area contributed by atoms with E-state index in [1.165, 1.54) is 0 Å². The first-order valence-corrected chi connectivity index (χ1v) is 6.08. The number of nitrogens with zero attached hydrogens (tertiary/aromatic N) is 1. The van der Waals surface area contributed by atoms with Crippen LogP contribution in [0, 0.1) is 0 Å². The van der Waals surface area contributed by atoms with Crippen molar-refractivity contribution in [3.63, 3.8) is 0 Å². The van der Waals surface area contributed by atoms with E-state index in [0.717, 1.165) is 24.2 Å². The predicted molar refractivity (Wildman–Crippen MR) is 68.4 cm³/mol. The lowest BCUT2D eigenvalue weighted by molar-refractivity contribution is 0.533. The van der Waals surface area contributed by atoms with Crippen molar-refractivity contribution in [1.82, 2.24) is 15.6 Å². The molecule has 0 radical (unpaired) electrons. The Morgan fingerprint density at radius 1 is 1.00 bits per heavy atom. The molecule has 3 nitrogen and oxygen atoms in total. The lowest BCUT2D eigenvalue weighted by atomic mass is 10.1. The fourth-order valence-corrected chi connectivity index (χ4v) is 1.98. The molecule has 0 spiro atoms. The first-order chi connectivity index (χ1) is 7.76. The first-order valence-electron chi connectivity index (χ1n) is 6.08. The SMILES string of the molecule is CCC(NC)c1cccc(C(CC)NC)n1. The Morgan fingerprint density at radius 2 is 1.44 bits per heavy atom. The van der Waals surface area contributed by atoms with Crippen LogP contribution in [-0.2, 0) is 0 Å². The van der Waals surface area contributed by atoms with Crippen LogP contribution in [0.1, 0.15) is 50.2 Å². The molecule has 0 saturated carbocycles. The summed E-state index contributed by atoms with van der Waals surface area (Å²) in [7, 11) is 3.97. The summed E-state index contributed by atoms with van der Waals surface area (Å²) in [5, 5.41) is 6.57. The Bertz CT molecular complexity index is 277. The van der Waals surface area contributed by atoms with Gasteiger partial charge in [-0.3, -0.25) is 4.98 Å². The van der Waals surface area contributed by atoms with Crippen LogP contribution in [0.5, 0.6) is 0 Å². The van der Waals surface area contributed by atoms with Crippen molar-refractivity contribution in [3.05, 3.63) is 29.6 Å². The highest BCUT2D eigenvalue weighted by Crippen LogP contribution is 2.18. The van der Waals surface area contributed by atoms with Crippen LogP contribution in [-0.4, -0.2) is 19.1 Å². The van der Waals surface area contributed by atoms with Crippen molar-refractivity contribution in [2.75, 3.05) is 14.1 Å². The van der Waals surface area contributed by atoms with E-state index in [1.54, 1.807) is 0 Å². The number of rotatable bonds is 6. The zero-order valence-electron chi connectivity index (χ0n) is 10.7. The van der Waals surface area contributed by atoms with Gasteiger partial charge in [0.2, 0.25) is 0 Å². The van der Waals surface area contributed by atoms with E-state index in [1.807, 2.05) is 14.1 Å². The van der Waals surface area contributed by atoms with E-state index in [-0.39, 0.29) is 0 Å². The third kappa shape index (κ3) is 3.03. The van der Waals surface area contributed by atoms with Gasteiger partial charge in [-0.15, -0.1) is 0 Å². The fourth-order valence-electron chi connectivity index (χ4n) is 1.98. The van der Waals surface area contributed by atoms with Gasteiger partial charge in [-0.25, -0.2) is 0 Å². The van der Waals surface area contributed by atoms with Gasteiger partial charge in [0, 0.05) is 12.1 Å². The molecule has 2 N–H and O–H groups in total. The monoisotopic (exact) mass is 221 g/mol. The standard InChI is InChI=1S/C13H23N3/c1-5-10(14-3)12-8-7-9-13(16-12)11(6-2)15-4/h7-11,14-15H,5-6H2,1-4H3. The molecule has 0 amide bonds. The second kappa shape index (κ2) is 6.61. The third-order valence-electron chi connectivity index (χ3n) is 3.02. The average molecular weight is 221 g/mol. The zero-order valence-corrected chi connectivity index (χ0v) is 10.7. The molecule has 3 heteroatoms. The summed E-state index contributed by atoms with van der Waals surface area (Å²) in [4.78, 5) is 4.73. The number of hydrogen-bond donors (Lipinski definition) is 2. The van der Waals surface area contributed by atoms with Crippen molar-refractivity contribution >= 4 is 0 Å². The van der Waals surface area contributed by atoms with Crippen LogP contribution in [0.15, 0.2) is 18.2 Å². The summed E-state index contributed by atoms with van der Waals surface area (Å²) >= 11 is 0. The molecular weight excluding hydrogens is 198 g/mol. The van der Waals surface area contributed by atoms with Crippen molar-refractivity contribution in [2.24, 2.45) is 0 Å². The fraction of sp³-hybridized carbons (Fsp3) is 0.615. The van der Waals surface area contributed by atoms with Crippen LogP contribution in [0.3, 0.4) is 0 Å². The topological polar surface area (TPSA) is 37.0 Å². The highest BCUT2D eigenvalue weighted by molar-refractivity contribution is 5.16. The van der Waals surface area contributed by atoms with Crippen molar-refractivity contribution in [1.29, 1.82) is 0 Å². The van der Waals surface area contributed by atoms with E-state index >= 15 is 0 Å². The van der Waals surface area contributed by atoms with Crippen molar-refractivity contribution < 1.29 is 0 Å². The maximum Gasteiger partial charge on any atom is 0.0577 e. The zero-order chi connectivity index (χ0) is 12.0. The summed E-state index contributed by atoms with van der Waals surface area (Å²) in [5.74, 6) is 0.